The van der Waals surface area contributed by atoms with E-state index in [0.717, 1.165) is 27.3 Å². The number of nitrogens with one attached hydrogen (secondary N) is 1. The molecule has 0 saturated carbocycles. The molecular weight excluding hydrogens is 322 g/mol. The van der Waals surface area contributed by atoms with Crippen molar-refractivity contribution in [2.24, 2.45) is 0 Å². The fraction of sp³-hybridized carbons (Fsp3) is 0.167. The highest BCUT2D eigenvalue weighted by atomic mass is 32.2. The summed E-state index contributed by atoms with van der Waals surface area (Å²) in [6.45, 7) is 3.87. The summed E-state index contributed by atoms with van der Waals surface area (Å²) in [5, 5.41) is 10.5. The Morgan fingerprint density at radius 1 is 1.12 bits per heavy atom. The van der Waals surface area contributed by atoms with Crippen LogP contribution in [-0.4, -0.2) is 22.4 Å². The molecule has 0 aliphatic carbocycles. The Kier molecular flexibility index (Phi) is 4.66. The standard InChI is InChI=1S/C18H17N3O2S/c1-11-4-6-14(24-3)9-15(11)17(22)20-16-7-5-13(8-12(16)2)18-21-19-10-23-18/h4-10H,1-3H3,(H,20,22). The van der Waals surface area contributed by atoms with Gasteiger partial charge in [-0.25, -0.2) is 0 Å². The number of aryl methyl sites for hydroxylation is 2. The van der Waals surface area contributed by atoms with E-state index in [1.807, 2.05) is 56.5 Å². The molecule has 1 amide bonds. The van der Waals surface area contributed by atoms with Gasteiger partial charge in [0.25, 0.3) is 5.91 Å². The van der Waals surface area contributed by atoms with Crippen molar-refractivity contribution in [3.05, 3.63) is 59.5 Å². The first kappa shape index (κ1) is 16.3. The Labute approximate surface area is 144 Å². The van der Waals surface area contributed by atoms with Gasteiger partial charge in [-0.1, -0.05) is 6.07 Å². The van der Waals surface area contributed by atoms with Crippen LogP contribution in [-0.2, 0) is 0 Å². The van der Waals surface area contributed by atoms with Crippen molar-refractivity contribution in [1.29, 1.82) is 0 Å². The topological polar surface area (TPSA) is 68.0 Å². The van der Waals surface area contributed by atoms with Crippen molar-refractivity contribution in [2.45, 2.75) is 18.7 Å². The number of carbonyl (C=O) groups is 1. The Balaban J connectivity index is 1.85. The summed E-state index contributed by atoms with van der Waals surface area (Å²) >= 11 is 1.62. The first-order valence-electron chi connectivity index (χ1n) is 7.41. The van der Waals surface area contributed by atoms with E-state index in [0.29, 0.717) is 11.5 Å². The van der Waals surface area contributed by atoms with Crippen molar-refractivity contribution in [1.82, 2.24) is 10.2 Å². The van der Waals surface area contributed by atoms with Crippen LogP contribution in [0.3, 0.4) is 0 Å². The SMILES string of the molecule is CSc1ccc(C)c(C(=O)Nc2ccc(-c3nnco3)cc2C)c1. The molecule has 0 saturated heterocycles. The fourth-order valence-corrected chi connectivity index (χ4v) is 2.84. The van der Waals surface area contributed by atoms with Crippen LogP contribution in [0.15, 0.2) is 52.1 Å². The molecule has 122 valence electrons. The van der Waals surface area contributed by atoms with Crippen LogP contribution in [0.25, 0.3) is 11.5 Å². The smallest absolute Gasteiger partial charge is 0.255 e. The third kappa shape index (κ3) is 3.33. The van der Waals surface area contributed by atoms with E-state index in [4.69, 9.17) is 4.42 Å². The molecular formula is C18H17N3O2S. The van der Waals surface area contributed by atoms with Gasteiger partial charge in [-0.15, -0.1) is 22.0 Å². The average Bonchev–Trinajstić information content (AvgIpc) is 3.11. The normalized spacial score (nSPS) is 10.6. The number of thioether (sulfide) groups is 1. The number of rotatable bonds is 4. The molecule has 6 heteroatoms. The minimum Gasteiger partial charge on any atom is -0.423 e. The molecule has 0 atom stereocenters. The molecule has 0 aliphatic rings. The van der Waals surface area contributed by atoms with E-state index in [1.54, 1.807) is 11.8 Å². The predicted molar refractivity (Wildman–Crippen MR) is 95.4 cm³/mol. The van der Waals surface area contributed by atoms with Gasteiger partial charge >= 0.3 is 0 Å². The van der Waals surface area contributed by atoms with Crippen LogP contribution in [0.1, 0.15) is 21.5 Å². The molecule has 0 fully saturated rings. The molecule has 0 bridgehead atoms. The van der Waals surface area contributed by atoms with Crippen LogP contribution < -0.4 is 5.32 Å². The highest BCUT2D eigenvalue weighted by Crippen LogP contribution is 2.25. The quantitative estimate of drug-likeness (QED) is 0.717. The molecule has 3 rings (SSSR count). The summed E-state index contributed by atoms with van der Waals surface area (Å²) in [5.74, 6) is 0.344. The summed E-state index contributed by atoms with van der Waals surface area (Å²) in [6.07, 6.45) is 3.29. The maximum Gasteiger partial charge on any atom is 0.255 e. The van der Waals surface area contributed by atoms with E-state index in [1.165, 1.54) is 6.39 Å². The summed E-state index contributed by atoms with van der Waals surface area (Å²) in [5.41, 5.74) is 4.14. The second-order valence-electron chi connectivity index (χ2n) is 5.41. The van der Waals surface area contributed by atoms with E-state index >= 15 is 0 Å². The Hall–Kier alpha value is -2.60. The fourth-order valence-electron chi connectivity index (χ4n) is 2.40. The number of hydrogen-bond donors (Lipinski definition) is 1. The average molecular weight is 339 g/mol. The van der Waals surface area contributed by atoms with Crippen LogP contribution in [0.5, 0.6) is 0 Å². The third-order valence-electron chi connectivity index (χ3n) is 3.77. The number of aromatic nitrogens is 2. The van der Waals surface area contributed by atoms with Crippen molar-refractivity contribution >= 4 is 23.4 Å². The summed E-state index contributed by atoms with van der Waals surface area (Å²) in [6, 6.07) is 11.5. The molecule has 0 aliphatic heterocycles. The first-order valence-corrected chi connectivity index (χ1v) is 8.64. The minimum atomic E-state index is -0.114. The lowest BCUT2D eigenvalue weighted by Crippen LogP contribution is -2.14. The van der Waals surface area contributed by atoms with Gasteiger partial charge in [0, 0.05) is 21.7 Å². The van der Waals surface area contributed by atoms with Crippen LogP contribution in [0.4, 0.5) is 5.69 Å². The Bertz CT molecular complexity index is 876. The minimum absolute atomic E-state index is 0.114. The van der Waals surface area contributed by atoms with E-state index < -0.39 is 0 Å². The number of nitrogens with zero attached hydrogens (tertiary/aromatic N) is 2. The van der Waals surface area contributed by atoms with Crippen molar-refractivity contribution in [2.75, 3.05) is 11.6 Å². The van der Waals surface area contributed by atoms with Crippen LogP contribution >= 0.6 is 11.8 Å². The van der Waals surface area contributed by atoms with Gasteiger partial charge in [0.1, 0.15) is 0 Å². The number of hydrogen-bond acceptors (Lipinski definition) is 5. The molecule has 0 spiro atoms. The van der Waals surface area contributed by atoms with Crippen molar-refractivity contribution in [3.8, 4) is 11.5 Å². The summed E-state index contributed by atoms with van der Waals surface area (Å²) in [4.78, 5) is 13.7. The molecule has 0 unspecified atom stereocenters. The molecule has 2 aromatic carbocycles. The maximum absolute atomic E-state index is 12.6. The van der Waals surface area contributed by atoms with Gasteiger partial charge in [0.05, 0.1) is 0 Å². The van der Waals surface area contributed by atoms with Gasteiger partial charge in [0.15, 0.2) is 0 Å². The third-order valence-corrected chi connectivity index (χ3v) is 4.50. The maximum atomic E-state index is 12.6. The Morgan fingerprint density at radius 3 is 2.62 bits per heavy atom. The van der Waals surface area contributed by atoms with Gasteiger partial charge in [-0.2, -0.15) is 0 Å². The molecule has 1 heterocycles. The van der Waals surface area contributed by atoms with E-state index in [9.17, 15) is 4.79 Å². The predicted octanol–water partition coefficient (Wildman–Crippen LogP) is 4.33. The van der Waals surface area contributed by atoms with Crippen LogP contribution in [0, 0.1) is 13.8 Å². The highest BCUT2D eigenvalue weighted by molar-refractivity contribution is 7.98. The zero-order valence-electron chi connectivity index (χ0n) is 13.7. The summed E-state index contributed by atoms with van der Waals surface area (Å²) < 4.78 is 5.19. The molecule has 24 heavy (non-hydrogen) atoms. The van der Waals surface area contributed by atoms with Crippen molar-refractivity contribution < 1.29 is 9.21 Å². The molecule has 0 radical (unpaired) electrons. The number of benzene rings is 2. The van der Waals surface area contributed by atoms with Gasteiger partial charge in [0.2, 0.25) is 12.3 Å². The monoisotopic (exact) mass is 339 g/mol. The number of amides is 1. The second kappa shape index (κ2) is 6.88. The lowest BCUT2D eigenvalue weighted by atomic mass is 10.1. The van der Waals surface area contributed by atoms with Gasteiger partial charge in [-0.3, -0.25) is 4.79 Å². The van der Waals surface area contributed by atoms with Gasteiger partial charge in [-0.05, 0) is 61.6 Å². The lowest BCUT2D eigenvalue weighted by molar-refractivity contribution is 0.102. The Morgan fingerprint density at radius 2 is 1.96 bits per heavy atom. The zero-order valence-corrected chi connectivity index (χ0v) is 14.5. The highest BCUT2D eigenvalue weighted by Gasteiger charge is 2.12. The summed E-state index contributed by atoms with van der Waals surface area (Å²) in [7, 11) is 0. The molecule has 1 aromatic heterocycles. The second-order valence-corrected chi connectivity index (χ2v) is 6.29. The van der Waals surface area contributed by atoms with Crippen molar-refractivity contribution in [3.63, 3.8) is 0 Å². The van der Waals surface area contributed by atoms with E-state index in [2.05, 4.69) is 15.5 Å². The molecule has 1 N–H and O–H groups in total. The number of carbonyl (C=O) groups excluding carboxylic acids is 1. The molecule has 5 nitrogen and oxygen atoms in total. The number of anilines is 1. The van der Waals surface area contributed by atoms with E-state index in [-0.39, 0.29) is 5.91 Å². The largest absolute Gasteiger partial charge is 0.423 e. The van der Waals surface area contributed by atoms with Crippen LogP contribution in [0.2, 0.25) is 0 Å². The zero-order chi connectivity index (χ0) is 17.1. The molecule has 3 aromatic rings. The van der Waals surface area contributed by atoms with Gasteiger partial charge < -0.3 is 9.73 Å². The first-order chi connectivity index (χ1) is 11.6. The lowest BCUT2D eigenvalue weighted by Gasteiger charge is -2.11.